The van der Waals surface area contributed by atoms with Crippen LogP contribution < -0.4 is 4.72 Å². The molecule has 0 bridgehead atoms. The number of nitrogens with one attached hydrogen (secondary N) is 2. The van der Waals surface area contributed by atoms with Gasteiger partial charge in [-0.2, -0.15) is 11.8 Å². The topological polar surface area (TPSA) is 99.3 Å². The van der Waals surface area contributed by atoms with Gasteiger partial charge < -0.3 is 10.1 Å². The number of unbranched alkanes of at least 4 members (excludes halogenated alkanes) is 1. The van der Waals surface area contributed by atoms with Gasteiger partial charge in [-0.25, -0.2) is 17.9 Å². The van der Waals surface area contributed by atoms with Crippen LogP contribution in [0.25, 0.3) is 0 Å². The Morgan fingerprint density at radius 3 is 2.78 bits per heavy atom. The summed E-state index contributed by atoms with van der Waals surface area (Å²) < 4.78 is 26.0. The van der Waals surface area contributed by atoms with Crippen molar-refractivity contribution in [1.29, 1.82) is 0 Å². The van der Waals surface area contributed by atoms with E-state index < -0.39 is 16.0 Å². The molecule has 0 aliphatic carbocycles. The molecule has 6 nitrogen and oxygen atoms in total. The van der Waals surface area contributed by atoms with Crippen molar-refractivity contribution in [3.63, 3.8) is 0 Å². The summed E-state index contributed by atoms with van der Waals surface area (Å²) >= 11 is 1.71. The highest BCUT2D eigenvalue weighted by Crippen LogP contribution is 2.10. The van der Waals surface area contributed by atoms with Gasteiger partial charge in [0.1, 0.15) is 10.6 Å². The van der Waals surface area contributed by atoms with E-state index in [-0.39, 0.29) is 10.6 Å². The average molecular weight is 292 g/mol. The van der Waals surface area contributed by atoms with Gasteiger partial charge in [0, 0.05) is 12.7 Å². The number of carbonyl (C=O) groups is 1. The first-order chi connectivity index (χ1) is 8.47. The number of hydrogen-bond acceptors (Lipinski definition) is 4. The zero-order chi connectivity index (χ0) is 13.6. The lowest BCUT2D eigenvalue weighted by atomic mass is 10.3. The molecular weight excluding hydrogens is 276 g/mol. The molecule has 0 spiro atoms. The predicted molar refractivity (Wildman–Crippen MR) is 70.6 cm³/mol. The van der Waals surface area contributed by atoms with E-state index >= 15 is 0 Å². The standard InChI is InChI=1S/C10H16N2O4S2/c1-17-5-3-2-4-12-18(15,16)8-6-9(10(13)14)11-7-8/h6-7,11-12H,2-5H2,1H3,(H,13,14). The molecule has 0 aromatic carbocycles. The first-order valence-corrected chi connectivity index (χ1v) is 8.25. The predicted octanol–water partition coefficient (Wildman–Crippen LogP) is 1.13. The highest BCUT2D eigenvalue weighted by molar-refractivity contribution is 7.98. The minimum absolute atomic E-state index is 0.0511. The van der Waals surface area contributed by atoms with Gasteiger partial charge in [-0.3, -0.25) is 0 Å². The second kappa shape index (κ2) is 6.81. The molecule has 0 saturated carbocycles. The molecule has 0 radical (unpaired) electrons. The number of carboxylic acids is 1. The fourth-order valence-electron chi connectivity index (χ4n) is 1.31. The molecule has 0 amide bonds. The van der Waals surface area contributed by atoms with Crippen LogP contribution in [0.15, 0.2) is 17.2 Å². The summed E-state index contributed by atoms with van der Waals surface area (Å²) in [5.74, 6) is -0.189. The molecule has 1 heterocycles. The molecule has 1 aromatic rings. The Kier molecular flexibility index (Phi) is 5.70. The number of aromatic carboxylic acids is 1. The third-order valence-electron chi connectivity index (χ3n) is 2.26. The molecule has 0 atom stereocenters. The van der Waals surface area contributed by atoms with Gasteiger partial charge in [-0.05, 0) is 30.9 Å². The fraction of sp³-hybridized carbons (Fsp3) is 0.500. The zero-order valence-corrected chi connectivity index (χ0v) is 11.6. The molecule has 1 rings (SSSR count). The van der Waals surface area contributed by atoms with E-state index in [0.717, 1.165) is 24.7 Å². The molecule has 8 heteroatoms. The van der Waals surface area contributed by atoms with Crippen LogP contribution in [0, 0.1) is 0 Å². The van der Waals surface area contributed by atoms with Crippen molar-refractivity contribution in [1.82, 2.24) is 9.71 Å². The van der Waals surface area contributed by atoms with E-state index in [1.54, 1.807) is 11.8 Å². The third-order valence-corrected chi connectivity index (χ3v) is 4.40. The number of carboxylic acid groups (broad SMARTS) is 1. The summed E-state index contributed by atoms with van der Waals surface area (Å²) in [7, 11) is -3.61. The summed E-state index contributed by atoms with van der Waals surface area (Å²) in [5, 5.41) is 8.69. The maximum absolute atomic E-state index is 11.8. The smallest absolute Gasteiger partial charge is 0.352 e. The lowest BCUT2D eigenvalue weighted by Crippen LogP contribution is -2.24. The van der Waals surface area contributed by atoms with Gasteiger partial charge in [0.05, 0.1) is 0 Å². The van der Waals surface area contributed by atoms with E-state index in [2.05, 4.69) is 9.71 Å². The van der Waals surface area contributed by atoms with Gasteiger partial charge in [0.2, 0.25) is 10.0 Å². The van der Waals surface area contributed by atoms with Gasteiger partial charge in [0.15, 0.2) is 0 Å². The average Bonchev–Trinajstić information content (AvgIpc) is 2.78. The highest BCUT2D eigenvalue weighted by atomic mass is 32.2. The maximum atomic E-state index is 11.8. The van der Waals surface area contributed by atoms with Crippen molar-refractivity contribution >= 4 is 27.8 Å². The molecule has 3 N–H and O–H groups in total. The van der Waals surface area contributed by atoms with Gasteiger partial charge >= 0.3 is 5.97 Å². The van der Waals surface area contributed by atoms with Crippen LogP contribution in [-0.2, 0) is 10.0 Å². The SMILES string of the molecule is CSCCCCNS(=O)(=O)c1c[nH]c(C(=O)O)c1. The second-order valence-electron chi connectivity index (χ2n) is 3.65. The highest BCUT2D eigenvalue weighted by Gasteiger charge is 2.17. The van der Waals surface area contributed by atoms with E-state index in [9.17, 15) is 13.2 Å². The van der Waals surface area contributed by atoms with Crippen LogP contribution in [0.5, 0.6) is 0 Å². The Bertz CT molecular complexity index is 496. The van der Waals surface area contributed by atoms with E-state index in [1.807, 2.05) is 6.26 Å². The largest absolute Gasteiger partial charge is 0.477 e. The molecule has 18 heavy (non-hydrogen) atoms. The van der Waals surface area contributed by atoms with E-state index in [0.29, 0.717) is 6.54 Å². The number of aromatic nitrogens is 1. The number of H-pyrrole nitrogens is 1. The van der Waals surface area contributed by atoms with Gasteiger partial charge in [0.25, 0.3) is 0 Å². The number of aromatic amines is 1. The summed E-state index contributed by atoms with van der Waals surface area (Å²) in [4.78, 5) is 13.0. The van der Waals surface area contributed by atoms with E-state index in [1.165, 1.54) is 6.20 Å². The van der Waals surface area contributed by atoms with Crippen molar-refractivity contribution in [3.8, 4) is 0 Å². The number of sulfonamides is 1. The lowest BCUT2D eigenvalue weighted by molar-refractivity contribution is 0.0691. The van der Waals surface area contributed by atoms with Crippen LogP contribution in [0.4, 0.5) is 0 Å². The Morgan fingerprint density at radius 1 is 1.50 bits per heavy atom. The summed E-state index contributed by atoms with van der Waals surface area (Å²) in [6.45, 7) is 0.358. The first-order valence-electron chi connectivity index (χ1n) is 5.37. The second-order valence-corrected chi connectivity index (χ2v) is 6.40. The minimum Gasteiger partial charge on any atom is -0.477 e. The molecule has 0 fully saturated rings. The number of thioether (sulfide) groups is 1. The third kappa shape index (κ3) is 4.35. The van der Waals surface area contributed by atoms with Crippen molar-refractivity contribution in [2.45, 2.75) is 17.7 Å². The van der Waals surface area contributed by atoms with E-state index in [4.69, 9.17) is 5.11 Å². The minimum atomic E-state index is -3.61. The van der Waals surface area contributed by atoms with Crippen molar-refractivity contribution in [2.24, 2.45) is 0 Å². The lowest BCUT2D eigenvalue weighted by Gasteiger charge is -2.04. The summed E-state index contributed by atoms with van der Waals surface area (Å²) in [6.07, 6.45) is 4.87. The Balaban J connectivity index is 2.54. The molecule has 0 aliphatic heterocycles. The Morgan fingerprint density at radius 2 is 2.22 bits per heavy atom. The van der Waals surface area contributed by atoms with Crippen molar-refractivity contribution < 1.29 is 18.3 Å². The first kappa shape index (κ1) is 15.1. The Hall–Kier alpha value is -0.990. The quantitative estimate of drug-likeness (QED) is 0.624. The molecule has 0 saturated heterocycles. The molecule has 1 aromatic heterocycles. The van der Waals surface area contributed by atoms with Crippen molar-refractivity contribution in [3.05, 3.63) is 18.0 Å². The molecule has 102 valence electrons. The van der Waals surface area contributed by atoms with Gasteiger partial charge in [-0.1, -0.05) is 0 Å². The zero-order valence-electron chi connectivity index (χ0n) is 9.97. The van der Waals surface area contributed by atoms with Crippen LogP contribution in [0.2, 0.25) is 0 Å². The van der Waals surface area contributed by atoms with Crippen LogP contribution in [0.3, 0.4) is 0 Å². The normalized spacial score (nSPS) is 11.6. The molecular formula is C10H16N2O4S2. The summed E-state index contributed by atoms with van der Waals surface area (Å²) in [5.41, 5.74) is -0.141. The maximum Gasteiger partial charge on any atom is 0.352 e. The van der Waals surface area contributed by atoms with Crippen molar-refractivity contribution in [2.75, 3.05) is 18.6 Å². The van der Waals surface area contributed by atoms with Crippen LogP contribution >= 0.6 is 11.8 Å². The monoisotopic (exact) mass is 292 g/mol. The molecule has 0 aliphatic rings. The molecule has 0 unspecified atom stereocenters. The van der Waals surface area contributed by atoms with Gasteiger partial charge in [-0.15, -0.1) is 0 Å². The number of rotatable bonds is 8. The summed E-state index contributed by atoms with van der Waals surface area (Å²) in [6, 6.07) is 1.10. The Labute approximate surface area is 110 Å². The van der Waals surface area contributed by atoms with Crippen LogP contribution in [0.1, 0.15) is 23.3 Å². The fourth-order valence-corrected chi connectivity index (χ4v) is 2.87. The number of hydrogen-bond donors (Lipinski definition) is 3. The van der Waals surface area contributed by atoms with Crippen LogP contribution in [-0.4, -0.2) is 43.0 Å².